The van der Waals surface area contributed by atoms with Crippen LogP contribution in [0.4, 0.5) is 5.69 Å². The molecule has 1 aromatic heterocycles. The lowest BCUT2D eigenvalue weighted by Gasteiger charge is -2.22. The van der Waals surface area contributed by atoms with E-state index in [-0.39, 0.29) is 29.4 Å². The zero-order chi connectivity index (χ0) is 19.5. The Balaban J connectivity index is 2.17. The van der Waals surface area contributed by atoms with Gasteiger partial charge in [0.05, 0.1) is 23.6 Å². The molecule has 11 heteroatoms. The van der Waals surface area contributed by atoms with Crippen molar-refractivity contribution in [1.29, 1.82) is 5.26 Å². The third kappa shape index (κ3) is 4.40. The normalized spacial score (nSPS) is 11.9. The van der Waals surface area contributed by atoms with E-state index >= 15 is 0 Å². The molecule has 0 unspecified atom stereocenters. The predicted octanol–water partition coefficient (Wildman–Crippen LogP) is 0.908. The number of nitrogens with zero attached hydrogens (tertiary/aromatic N) is 3. The van der Waals surface area contributed by atoms with Gasteiger partial charge in [-0.15, -0.1) is 0 Å². The summed E-state index contributed by atoms with van der Waals surface area (Å²) in [5.41, 5.74) is 0.950. The summed E-state index contributed by atoms with van der Waals surface area (Å²) in [6, 6.07) is 7.90. The summed E-state index contributed by atoms with van der Waals surface area (Å²) >= 11 is 0. The molecular weight excluding hydrogens is 380 g/mol. The summed E-state index contributed by atoms with van der Waals surface area (Å²) in [5, 5.41) is 12.4. The van der Waals surface area contributed by atoms with Gasteiger partial charge in [-0.05, 0) is 38.1 Å². The molecule has 0 radical (unpaired) electrons. The van der Waals surface area contributed by atoms with Gasteiger partial charge >= 0.3 is 0 Å². The van der Waals surface area contributed by atoms with Crippen LogP contribution in [0.5, 0.6) is 0 Å². The van der Waals surface area contributed by atoms with Crippen molar-refractivity contribution in [2.24, 2.45) is 0 Å². The second-order valence-corrected chi connectivity index (χ2v) is 9.16. The van der Waals surface area contributed by atoms with E-state index in [4.69, 9.17) is 9.78 Å². The second-order valence-electron chi connectivity index (χ2n) is 5.54. The summed E-state index contributed by atoms with van der Waals surface area (Å²) in [6.45, 7) is 2.71. The van der Waals surface area contributed by atoms with E-state index in [1.165, 1.54) is 38.1 Å². The van der Waals surface area contributed by atoms with E-state index in [1.807, 2.05) is 6.07 Å². The minimum Gasteiger partial charge on any atom is -0.360 e. The van der Waals surface area contributed by atoms with Gasteiger partial charge in [-0.2, -0.15) is 5.26 Å². The number of sulfonamides is 2. The molecule has 2 aromatic rings. The van der Waals surface area contributed by atoms with Crippen LogP contribution < -0.4 is 9.03 Å². The van der Waals surface area contributed by atoms with Crippen molar-refractivity contribution in [1.82, 2.24) is 9.88 Å². The van der Waals surface area contributed by atoms with Crippen LogP contribution in [0.25, 0.3) is 0 Å². The SMILES string of the molecule is Cc1noc(C)c1S(=O)(=O)NCCN(c1ccc(C#N)cc1)S(C)(=O)=O. The molecule has 0 saturated heterocycles. The van der Waals surface area contributed by atoms with Gasteiger partial charge in [0.25, 0.3) is 0 Å². The maximum absolute atomic E-state index is 12.4. The molecule has 0 aliphatic rings. The molecule has 0 aliphatic carbocycles. The van der Waals surface area contributed by atoms with E-state index in [9.17, 15) is 16.8 Å². The molecule has 0 spiro atoms. The van der Waals surface area contributed by atoms with Crippen LogP contribution in [-0.4, -0.2) is 41.3 Å². The highest BCUT2D eigenvalue weighted by molar-refractivity contribution is 7.92. The molecular formula is C15H18N4O5S2. The molecule has 0 bridgehead atoms. The Morgan fingerprint density at radius 2 is 1.81 bits per heavy atom. The Hall–Kier alpha value is -2.42. The van der Waals surface area contributed by atoms with Crippen LogP contribution in [0.1, 0.15) is 17.0 Å². The molecule has 0 aliphatic heterocycles. The maximum Gasteiger partial charge on any atom is 0.246 e. The first-order valence-electron chi connectivity index (χ1n) is 7.46. The third-order valence-electron chi connectivity index (χ3n) is 3.53. The van der Waals surface area contributed by atoms with Gasteiger partial charge in [0, 0.05) is 13.1 Å². The minimum atomic E-state index is -3.88. The van der Waals surface area contributed by atoms with Crippen LogP contribution in [0.2, 0.25) is 0 Å². The van der Waals surface area contributed by atoms with Crippen LogP contribution >= 0.6 is 0 Å². The third-order valence-corrected chi connectivity index (χ3v) is 6.43. The summed E-state index contributed by atoms with van der Waals surface area (Å²) in [5.74, 6) is 0.155. The molecule has 0 fully saturated rings. The van der Waals surface area contributed by atoms with Crippen molar-refractivity contribution in [3.63, 3.8) is 0 Å². The highest BCUT2D eigenvalue weighted by atomic mass is 32.2. The lowest BCUT2D eigenvalue weighted by atomic mass is 10.2. The number of aromatic nitrogens is 1. The van der Waals surface area contributed by atoms with Gasteiger partial charge in [0.15, 0.2) is 5.76 Å². The molecule has 26 heavy (non-hydrogen) atoms. The van der Waals surface area contributed by atoms with Gasteiger partial charge in [0.2, 0.25) is 20.0 Å². The van der Waals surface area contributed by atoms with E-state index in [2.05, 4.69) is 9.88 Å². The average molecular weight is 398 g/mol. The highest BCUT2D eigenvalue weighted by Gasteiger charge is 2.25. The Labute approximate surface area is 152 Å². The Kier molecular flexibility index (Phi) is 5.70. The molecule has 0 saturated carbocycles. The van der Waals surface area contributed by atoms with Crippen molar-refractivity contribution in [3.8, 4) is 6.07 Å². The monoisotopic (exact) mass is 398 g/mol. The molecule has 1 N–H and O–H groups in total. The lowest BCUT2D eigenvalue weighted by molar-refractivity contribution is 0.390. The van der Waals surface area contributed by atoms with E-state index in [0.717, 1.165) is 10.6 Å². The van der Waals surface area contributed by atoms with Crippen LogP contribution in [-0.2, 0) is 20.0 Å². The van der Waals surface area contributed by atoms with E-state index in [1.54, 1.807) is 0 Å². The number of hydrogen-bond acceptors (Lipinski definition) is 7. The van der Waals surface area contributed by atoms with Crippen molar-refractivity contribution < 1.29 is 21.4 Å². The maximum atomic E-state index is 12.4. The fourth-order valence-corrected chi connectivity index (χ4v) is 4.67. The molecule has 0 atom stereocenters. The zero-order valence-electron chi connectivity index (χ0n) is 14.4. The van der Waals surface area contributed by atoms with E-state index < -0.39 is 20.0 Å². The Morgan fingerprint density at radius 1 is 1.19 bits per heavy atom. The molecule has 9 nitrogen and oxygen atoms in total. The number of hydrogen-bond donors (Lipinski definition) is 1. The number of benzene rings is 1. The fourth-order valence-electron chi connectivity index (χ4n) is 2.40. The molecule has 1 heterocycles. The fraction of sp³-hybridized carbons (Fsp3) is 0.333. The number of nitriles is 1. The minimum absolute atomic E-state index is 0.0539. The van der Waals surface area contributed by atoms with E-state index in [0.29, 0.717) is 11.3 Å². The number of aryl methyl sites for hydroxylation is 2. The topological polar surface area (TPSA) is 133 Å². The number of rotatable bonds is 7. The summed E-state index contributed by atoms with van der Waals surface area (Å²) in [6.07, 6.45) is 1.02. The van der Waals surface area contributed by atoms with Crippen LogP contribution in [0, 0.1) is 25.2 Å². The first kappa shape index (κ1) is 19.9. The van der Waals surface area contributed by atoms with Gasteiger partial charge in [-0.3, -0.25) is 4.31 Å². The highest BCUT2D eigenvalue weighted by Crippen LogP contribution is 2.20. The summed E-state index contributed by atoms with van der Waals surface area (Å²) in [4.78, 5) is -0.0539. The molecule has 0 amide bonds. The van der Waals surface area contributed by atoms with Gasteiger partial charge in [-0.25, -0.2) is 21.6 Å². The number of anilines is 1. The van der Waals surface area contributed by atoms with Gasteiger partial charge in [-0.1, -0.05) is 5.16 Å². The van der Waals surface area contributed by atoms with Crippen molar-refractivity contribution in [2.75, 3.05) is 23.7 Å². The van der Waals surface area contributed by atoms with Crippen molar-refractivity contribution in [2.45, 2.75) is 18.7 Å². The summed E-state index contributed by atoms with van der Waals surface area (Å²) < 4.78 is 57.1. The first-order chi connectivity index (χ1) is 12.1. The molecule has 2 rings (SSSR count). The zero-order valence-corrected chi connectivity index (χ0v) is 16.1. The van der Waals surface area contributed by atoms with Crippen LogP contribution in [0.15, 0.2) is 33.7 Å². The van der Waals surface area contributed by atoms with Crippen molar-refractivity contribution in [3.05, 3.63) is 41.3 Å². The Morgan fingerprint density at radius 3 is 2.27 bits per heavy atom. The summed E-state index contributed by atoms with van der Waals surface area (Å²) in [7, 11) is -7.52. The largest absolute Gasteiger partial charge is 0.360 e. The predicted molar refractivity (Wildman–Crippen MR) is 94.5 cm³/mol. The van der Waals surface area contributed by atoms with Crippen LogP contribution in [0.3, 0.4) is 0 Å². The smallest absolute Gasteiger partial charge is 0.246 e. The van der Waals surface area contributed by atoms with Gasteiger partial charge in [0.1, 0.15) is 10.6 Å². The van der Waals surface area contributed by atoms with Gasteiger partial charge < -0.3 is 4.52 Å². The van der Waals surface area contributed by atoms with Crippen molar-refractivity contribution >= 4 is 25.7 Å². The Bertz CT molecular complexity index is 1020. The first-order valence-corrected chi connectivity index (χ1v) is 10.8. The standard InChI is InChI=1S/C15H18N4O5S2/c1-11-15(12(2)24-18-11)26(22,23)17-8-9-19(25(3,20)21)14-6-4-13(10-16)5-7-14/h4-7,17H,8-9H2,1-3H3. The average Bonchev–Trinajstić information content (AvgIpc) is 2.90. The molecule has 140 valence electrons. The lowest BCUT2D eigenvalue weighted by Crippen LogP contribution is -2.38. The quantitative estimate of drug-likeness (QED) is 0.732. The number of nitrogens with one attached hydrogen (secondary N) is 1. The molecule has 1 aromatic carbocycles. The second kappa shape index (κ2) is 7.45.